The van der Waals surface area contributed by atoms with Crippen LogP contribution in [0.1, 0.15) is 41.7 Å². The number of nitrogens with one attached hydrogen (secondary N) is 2. The van der Waals surface area contributed by atoms with Gasteiger partial charge in [-0.25, -0.2) is 0 Å². The van der Waals surface area contributed by atoms with E-state index in [1.54, 1.807) is 0 Å². The Balaban J connectivity index is 1.44. The Morgan fingerprint density at radius 2 is 1.75 bits per heavy atom. The number of carbonyl (C=O) groups excluding carboxylic acids is 1. The zero-order valence-electron chi connectivity index (χ0n) is 15.9. The van der Waals surface area contributed by atoms with Gasteiger partial charge in [-0.15, -0.1) is 10.2 Å². The minimum absolute atomic E-state index is 0.00833. The number of rotatable bonds is 3. The van der Waals surface area contributed by atoms with E-state index >= 15 is 0 Å². The highest BCUT2D eigenvalue weighted by Gasteiger charge is 2.34. The van der Waals surface area contributed by atoms with Gasteiger partial charge in [0, 0.05) is 26.1 Å². The van der Waals surface area contributed by atoms with Crippen LogP contribution >= 0.6 is 0 Å². The van der Waals surface area contributed by atoms with Crippen LogP contribution in [0.4, 0.5) is 0 Å². The molecule has 0 fully saturated rings. The van der Waals surface area contributed by atoms with Crippen molar-refractivity contribution in [3.05, 3.63) is 71.3 Å². The number of fused-ring (bicyclic) bond motifs is 4. The van der Waals surface area contributed by atoms with E-state index in [0.29, 0.717) is 0 Å². The predicted molar refractivity (Wildman–Crippen MR) is 107 cm³/mol. The Hall–Kier alpha value is -2.99. The van der Waals surface area contributed by atoms with Crippen LogP contribution in [0.5, 0.6) is 0 Å². The molecule has 2 aromatic carbocycles. The van der Waals surface area contributed by atoms with Crippen molar-refractivity contribution in [3.8, 4) is 11.1 Å². The summed E-state index contributed by atoms with van der Waals surface area (Å²) in [5.74, 6) is 1.53. The van der Waals surface area contributed by atoms with Crippen LogP contribution < -0.4 is 10.6 Å². The summed E-state index contributed by atoms with van der Waals surface area (Å²) < 4.78 is 2.14. The van der Waals surface area contributed by atoms with Crippen LogP contribution in [0.25, 0.3) is 11.1 Å². The Morgan fingerprint density at radius 1 is 1.07 bits per heavy atom. The lowest BCUT2D eigenvalue weighted by Crippen LogP contribution is -2.33. The van der Waals surface area contributed by atoms with E-state index in [4.69, 9.17) is 0 Å². The maximum atomic E-state index is 13.3. The Bertz CT molecular complexity index is 995. The van der Waals surface area contributed by atoms with Gasteiger partial charge in [-0.1, -0.05) is 48.5 Å². The molecule has 2 N–H and O–H groups in total. The lowest BCUT2D eigenvalue weighted by Gasteiger charge is -2.19. The zero-order valence-corrected chi connectivity index (χ0v) is 15.9. The minimum Gasteiger partial charge on any atom is -0.346 e. The van der Waals surface area contributed by atoms with Crippen molar-refractivity contribution >= 4 is 5.91 Å². The molecule has 142 valence electrons. The van der Waals surface area contributed by atoms with E-state index in [9.17, 15) is 4.79 Å². The van der Waals surface area contributed by atoms with Crippen LogP contribution in [-0.4, -0.2) is 33.8 Å². The Morgan fingerprint density at radius 3 is 2.46 bits per heavy atom. The molecule has 5 rings (SSSR count). The molecule has 0 saturated heterocycles. The van der Waals surface area contributed by atoms with Gasteiger partial charge in [0.2, 0.25) is 5.91 Å². The molecular formula is C22H23N5O. The molecule has 1 amide bonds. The summed E-state index contributed by atoms with van der Waals surface area (Å²) >= 11 is 0. The third kappa shape index (κ3) is 2.72. The van der Waals surface area contributed by atoms with E-state index in [2.05, 4.69) is 49.7 Å². The summed E-state index contributed by atoms with van der Waals surface area (Å²) in [6, 6.07) is 16.1. The predicted octanol–water partition coefficient (Wildman–Crippen LogP) is 2.41. The highest BCUT2D eigenvalue weighted by atomic mass is 16.2. The molecule has 2 aliphatic rings. The van der Waals surface area contributed by atoms with E-state index in [1.165, 1.54) is 0 Å². The number of amides is 1. The number of carbonyl (C=O) groups is 1. The Labute approximate surface area is 164 Å². The van der Waals surface area contributed by atoms with Crippen LogP contribution in [0.2, 0.25) is 0 Å². The average Bonchev–Trinajstić information content (AvgIpc) is 3.18. The van der Waals surface area contributed by atoms with Crippen molar-refractivity contribution in [2.75, 3.05) is 13.1 Å². The average molecular weight is 373 g/mol. The number of nitrogens with zero attached hydrogens (tertiary/aromatic N) is 3. The number of hydrogen-bond acceptors (Lipinski definition) is 4. The zero-order chi connectivity index (χ0) is 19.1. The maximum Gasteiger partial charge on any atom is 0.232 e. The summed E-state index contributed by atoms with van der Waals surface area (Å²) in [7, 11) is 0. The molecule has 1 aliphatic carbocycles. The van der Waals surface area contributed by atoms with Gasteiger partial charge in [0.15, 0.2) is 5.82 Å². The Kier molecular flexibility index (Phi) is 4.20. The number of benzene rings is 2. The fourth-order valence-electron chi connectivity index (χ4n) is 4.41. The van der Waals surface area contributed by atoms with Crippen molar-refractivity contribution < 1.29 is 4.79 Å². The molecule has 2 heterocycles. The van der Waals surface area contributed by atoms with Crippen LogP contribution in [0.15, 0.2) is 48.5 Å². The first kappa shape index (κ1) is 17.1. The lowest BCUT2D eigenvalue weighted by atomic mass is 9.96. The van der Waals surface area contributed by atoms with E-state index in [-0.39, 0.29) is 17.9 Å². The molecule has 6 nitrogen and oxygen atoms in total. The van der Waals surface area contributed by atoms with E-state index in [0.717, 1.165) is 60.0 Å². The summed E-state index contributed by atoms with van der Waals surface area (Å²) in [5, 5.41) is 15.3. The SMILES string of the molecule is C[C@@H](NC(=O)C1c2ccccc2-c2ccccc21)c1nnc2n1CCNCC2. The van der Waals surface area contributed by atoms with Gasteiger partial charge in [-0.05, 0) is 29.2 Å². The fourth-order valence-corrected chi connectivity index (χ4v) is 4.41. The van der Waals surface area contributed by atoms with Gasteiger partial charge in [0.05, 0.1) is 12.0 Å². The third-order valence-electron chi connectivity index (χ3n) is 5.74. The molecule has 1 aliphatic heterocycles. The molecule has 0 unspecified atom stereocenters. The molecular weight excluding hydrogens is 350 g/mol. The molecule has 0 saturated carbocycles. The van der Waals surface area contributed by atoms with Gasteiger partial charge < -0.3 is 15.2 Å². The molecule has 0 spiro atoms. The third-order valence-corrected chi connectivity index (χ3v) is 5.74. The number of aromatic nitrogens is 3. The summed E-state index contributed by atoms with van der Waals surface area (Å²) in [6.45, 7) is 4.61. The largest absolute Gasteiger partial charge is 0.346 e. The first-order valence-electron chi connectivity index (χ1n) is 9.85. The van der Waals surface area contributed by atoms with E-state index < -0.39 is 0 Å². The molecule has 0 radical (unpaired) electrons. The summed E-state index contributed by atoms with van der Waals surface area (Å²) in [5.41, 5.74) is 4.43. The standard InChI is InChI=1S/C22H23N5O/c1-14(21-26-25-19-10-11-23-12-13-27(19)21)24-22(28)20-17-8-4-2-6-15(17)16-7-3-5-9-18(16)20/h2-9,14,20,23H,10-13H2,1H3,(H,24,28)/t14-/m1/s1. The number of hydrogen-bond donors (Lipinski definition) is 2. The first-order chi connectivity index (χ1) is 13.7. The second-order valence-electron chi connectivity index (χ2n) is 7.46. The normalized spacial score (nSPS) is 16.6. The molecule has 6 heteroatoms. The minimum atomic E-state index is -0.289. The lowest BCUT2D eigenvalue weighted by molar-refractivity contribution is -0.122. The van der Waals surface area contributed by atoms with Gasteiger partial charge in [-0.2, -0.15) is 0 Å². The van der Waals surface area contributed by atoms with Crippen molar-refractivity contribution in [1.82, 2.24) is 25.4 Å². The van der Waals surface area contributed by atoms with Crippen LogP contribution in [0, 0.1) is 0 Å². The molecule has 1 atom stereocenters. The first-order valence-corrected chi connectivity index (χ1v) is 9.85. The summed E-state index contributed by atoms with van der Waals surface area (Å²) in [4.78, 5) is 13.3. The highest BCUT2D eigenvalue weighted by Crippen LogP contribution is 2.44. The van der Waals surface area contributed by atoms with Crippen molar-refractivity contribution in [1.29, 1.82) is 0 Å². The molecule has 1 aromatic heterocycles. The maximum absolute atomic E-state index is 13.3. The van der Waals surface area contributed by atoms with Crippen LogP contribution in [-0.2, 0) is 17.8 Å². The molecule has 28 heavy (non-hydrogen) atoms. The second kappa shape index (κ2) is 6.87. The second-order valence-corrected chi connectivity index (χ2v) is 7.46. The quantitative estimate of drug-likeness (QED) is 0.740. The van der Waals surface area contributed by atoms with Gasteiger partial charge in [-0.3, -0.25) is 4.79 Å². The summed E-state index contributed by atoms with van der Waals surface area (Å²) in [6.07, 6.45) is 0.858. The van der Waals surface area contributed by atoms with Crippen molar-refractivity contribution in [3.63, 3.8) is 0 Å². The van der Waals surface area contributed by atoms with Crippen molar-refractivity contribution in [2.24, 2.45) is 0 Å². The van der Waals surface area contributed by atoms with Gasteiger partial charge in [0.1, 0.15) is 5.82 Å². The topological polar surface area (TPSA) is 71.8 Å². The monoisotopic (exact) mass is 373 g/mol. The van der Waals surface area contributed by atoms with Gasteiger partial charge in [0.25, 0.3) is 0 Å². The smallest absolute Gasteiger partial charge is 0.232 e. The molecule has 0 bridgehead atoms. The molecule has 3 aromatic rings. The highest BCUT2D eigenvalue weighted by molar-refractivity contribution is 5.96. The fraction of sp³-hybridized carbons (Fsp3) is 0.318. The van der Waals surface area contributed by atoms with Crippen molar-refractivity contribution in [2.45, 2.75) is 31.8 Å². The van der Waals surface area contributed by atoms with Gasteiger partial charge >= 0.3 is 0 Å². The van der Waals surface area contributed by atoms with Crippen LogP contribution in [0.3, 0.4) is 0 Å². The van der Waals surface area contributed by atoms with E-state index in [1.807, 2.05) is 31.2 Å².